The minimum atomic E-state index is -1.07. The van der Waals surface area contributed by atoms with Crippen LogP contribution in [0, 0.1) is 0 Å². The van der Waals surface area contributed by atoms with Crippen molar-refractivity contribution in [2.24, 2.45) is 0 Å². The van der Waals surface area contributed by atoms with Crippen molar-refractivity contribution in [1.82, 2.24) is 10.2 Å². The van der Waals surface area contributed by atoms with E-state index in [0.717, 1.165) is 7.05 Å². The van der Waals surface area contributed by atoms with Crippen LogP contribution in [0.4, 0.5) is 0 Å². The summed E-state index contributed by atoms with van der Waals surface area (Å²) in [5, 5.41) is 1.59. The van der Waals surface area contributed by atoms with Crippen LogP contribution in [0.5, 0.6) is 0 Å². The van der Waals surface area contributed by atoms with Crippen LogP contribution in [0.25, 0.3) is 0 Å². The van der Waals surface area contributed by atoms with Gasteiger partial charge in [0.05, 0.1) is 0 Å². The lowest BCUT2D eigenvalue weighted by atomic mass is 10.3. The van der Waals surface area contributed by atoms with E-state index in [1.165, 1.54) is 0 Å². The fourth-order valence-electron chi connectivity index (χ4n) is 0.607. The largest absolute Gasteiger partial charge is 0.319 e. The van der Waals surface area contributed by atoms with Crippen molar-refractivity contribution in [2.45, 2.75) is 0 Å². The molecule has 6 heteroatoms. The van der Waals surface area contributed by atoms with E-state index in [1.54, 1.807) is 5.32 Å². The molecule has 4 amide bonds. The van der Waals surface area contributed by atoms with Gasteiger partial charge in [-0.25, -0.2) is 0 Å². The molecular formula is C5H4N2O4. The lowest BCUT2D eigenvalue weighted by molar-refractivity contribution is -0.161. The lowest BCUT2D eigenvalue weighted by Gasteiger charge is -2.17. The Morgan fingerprint density at radius 2 is 1.36 bits per heavy atom. The van der Waals surface area contributed by atoms with E-state index in [2.05, 4.69) is 0 Å². The standard InChI is InChI=1S/C5H4N2O4/c1-7-4(10)2(8)6-3(9)5(7)11/h1H3,(H,6,8,9). The SMILES string of the molecule is CN1C(=O)C(=O)NC(=O)C1=O. The average Bonchev–Trinajstić information content (AvgIpc) is 1.97. The Hall–Kier alpha value is -1.72. The summed E-state index contributed by atoms with van der Waals surface area (Å²) >= 11 is 0. The van der Waals surface area contributed by atoms with E-state index in [4.69, 9.17) is 0 Å². The summed E-state index contributed by atoms with van der Waals surface area (Å²) in [6.07, 6.45) is 0. The molecule has 6 nitrogen and oxygen atoms in total. The summed E-state index contributed by atoms with van der Waals surface area (Å²) in [5.74, 6) is -4.18. The van der Waals surface area contributed by atoms with Gasteiger partial charge in [0.25, 0.3) is 0 Å². The third kappa shape index (κ3) is 0.977. The highest BCUT2D eigenvalue weighted by molar-refractivity contribution is 6.54. The van der Waals surface area contributed by atoms with E-state index in [9.17, 15) is 19.2 Å². The number of carbonyl (C=O) groups excluding carboxylic acids is 4. The molecule has 0 saturated carbocycles. The van der Waals surface area contributed by atoms with Crippen molar-refractivity contribution < 1.29 is 19.2 Å². The van der Waals surface area contributed by atoms with Gasteiger partial charge in [0, 0.05) is 7.05 Å². The summed E-state index contributed by atoms with van der Waals surface area (Å²) < 4.78 is 0. The molecule has 0 unspecified atom stereocenters. The van der Waals surface area contributed by atoms with Crippen LogP contribution in [0.1, 0.15) is 0 Å². The van der Waals surface area contributed by atoms with Crippen LogP contribution in [-0.2, 0) is 19.2 Å². The maximum atomic E-state index is 10.6. The van der Waals surface area contributed by atoms with Crippen molar-refractivity contribution in [3.63, 3.8) is 0 Å². The Bertz CT molecular complexity index is 244. The van der Waals surface area contributed by atoms with Crippen molar-refractivity contribution >= 4 is 23.6 Å². The minimum Gasteiger partial charge on any atom is -0.280 e. The summed E-state index contributed by atoms with van der Waals surface area (Å²) in [5.41, 5.74) is 0. The summed E-state index contributed by atoms with van der Waals surface area (Å²) in [4.78, 5) is 42.7. The smallest absolute Gasteiger partial charge is 0.280 e. The molecule has 0 radical (unpaired) electrons. The van der Waals surface area contributed by atoms with E-state index in [1.807, 2.05) is 0 Å². The molecular weight excluding hydrogens is 152 g/mol. The van der Waals surface area contributed by atoms with Gasteiger partial charge in [-0.2, -0.15) is 0 Å². The quantitative estimate of drug-likeness (QED) is 0.314. The first-order valence-corrected chi connectivity index (χ1v) is 2.71. The van der Waals surface area contributed by atoms with Crippen LogP contribution >= 0.6 is 0 Å². The fraction of sp³-hybridized carbons (Fsp3) is 0.200. The summed E-state index contributed by atoms with van der Waals surface area (Å²) in [6, 6.07) is 0. The normalized spacial score (nSPS) is 18.8. The minimum absolute atomic E-state index is 0.473. The Morgan fingerprint density at radius 3 is 1.73 bits per heavy atom. The first kappa shape index (κ1) is 7.39. The number of amides is 4. The van der Waals surface area contributed by atoms with Gasteiger partial charge in [-0.05, 0) is 0 Å². The number of hydrogen-bond acceptors (Lipinski definition) is 4. The zero-order valence-electron chi connectivity index (χ0n) is 5.58. The predicted molar refractivity (Wildman–Crippen MR) is 30.9 cm³/mol. The van der Waals surface area contributed by atoms with Crippen LogP contribution in [0.2, 0.25) is 0 Å². The second kappa shape index (κ2) is 2.15. The van der Waals surface area contributed by atoms with Gasteiger partial charge in [0.1, 0.15) is 0 Å². The van der Waals surface area contributed by atoms with Crippen LogP contribution in [-0.4, -0.2) is 35.6 Å². The zero-order valence-corrected chi connectivity index (χ0v) is 5.58. The average molecular weight is 156 g/mol. The van der Waals surface area contributed by atoms with E-state index in [0.29, 0.717) is 4.90 Å². The highest BCUT2D eigenvalue weighted by Crippen LogP contribution is 1.93. The molecule has 1 saturated heterocycles. The first-order valence-electron chi connectivity index (χ1n) is 2.71. The molecule has 0 spiro atoms. The monoisotopic (exact) mass is 156 g/mol. The molecule has 0 aromatic heterocycles. The topological polar surface area (TPSA) is 83.6 Å². The van der Waals surface area contributed by atoms with Crippen LogP contribution < -0.4 is 5.32 Å². The van der Waals surface area contributed by atoms with E-state index >= 15 is 0 Å². The predicted octanol–water partition coefficient (Wildman–Crippen LogP) is -2.37. The molecule has 1 rings (SSSR count). The Balaban J connectivity index is 2.96. The van der Waals surface area contributed by atoms with E-state index < -0.39 is 23.6 Å². The van der Waals surface area contributed by atoms with Crippen molar-refractivity contribution in [3.05, 3.63) is 0 Å². The molecule has 1 heterocycles. The molecule has 0 aromatic rings. The highest BCUT2D eigenvalue weighted by atomic mass is 16.2. The fourth-order valence-corrected chi connectivity index (χ4v) is 0.607. The van der Waals surface area contributed by atoms with Crippen molar-refractivity contribution in [1.29, 1.82) is 0 Å². The molecule has 1 aliphatic rings. The molecule has 1 N–H and O–H groups in total. The highest BCUT2D eigenvalue weighted by Gasteiger charge is 2.35. The van der Waals surface area contributed by atoms with Crippen LogP contribution in [0.3, 0.4) is 0 Å². The van der Waals surface area contributed by atoms with Gasteiger partial charge >= 0.3 is 23.6 Å². The number of likely N-dealkylation sites (N-methyl/N-ethyl adjacent to an activating group) is 1. The van der Waals surface area contributed by atoms with Gasteiger partial charge in [-0.3, -0.25) is 29.4 Å². The number of nitrogens with one attached hydrogen (secondary N) is 1. The summed E-state index contributed by atoms with van der Waals surface area (Å²) in [7, 11) is 1.07. The number of piperazine rings is 1. The number of carbonyl (C=O) groups is 4. The third-order valence-electron chi connectivity index (χ3n) is 1.22. The molecule has 0 atom stereocenters. The molecule has 0 aliphatic carbocycles. The Labute approximate surface area is 61.1 Å². The zero-order chi connectivity index (χ0) is 8.59. The van der Waals surface area contributed by atoms with Gasteiger partial charge in [-0.15, -0.1) is 0 Å². The van der Waals surface area contributed by atoms with Gasteiger partial charge in [-0.1, -0.05) is 0 Å². The Morgan fingerprint density at radius 1 is 1.00 bits per heavy atom. The van der Waals surface area contributed by atoms with Gasteiger partial charge in [0.15, 0.2) is 0 Å². The number of hydrogen-bond donors (Lipinski definition) is 1. The molecule has 58 valence electrons. The van der Waals surface area contributed by atoms with Gasteiger partial charge < -0.3 is 0 Å². The first-order chi connectivity index (χ1) is 5.04. The number of nitrogens with zero attached hydrogens (tertiary/aromatic N) is 1. The molecule has 0 aromatic carbocycles. The maximum Gasteiger partial charge on any atom is 0.319 e. The molecule has 0 bridgehead atoms. The van der Waals surface area contributed by atoms with Crippen molar-refractivity contribution in [3.8, 4) is 0 Å². The number of rotatable bonds is 0. The lowest BCUT2D eigenvalue weighted by Crippen LogP contribution is -2.57. The molecule has 1 aliphatic heterocycles. The van der Waals surface area contributed by atoms with E-state index in [-0.39, 0.29) is 0 Å². The Kier molecular flexibility index (Phi) is 1.45. The molecule has 1 fully saturated rings. The maximum absolute atomic E-state index is 10.6. The third-order valence-corrected chi connectivity index (χ3v) is 1.22. The van der Waals surface area contributed by atoms with Crippen molar-refractivity contribution in [2.75, 3.05) is 7.05 Å². The van der Waals surface area contributed by atoms with Gasteiger partial charge in [0.2, 0.25) is 0 Å². The number of imide groups is 2. The summed E-state index contributed by atoms with van der Waals surface area (Å²) in [6.45, 7) is 0. The second-order valence-corrected chi connectivity index (χ2v) is 1.95. The van der Waals surface area contributed by atoms with Crippen LogP contribution in [0.15, 0.2) is 0 Å². The second-order valence-electron chi connectivity index (χ2n) is 1.95. The molecule has 11 heavy (non-hydrogen) atoms.